The number of nitrogens with zero attached hydrogens (tertiary/aromatic N) is 3. The number of carbonyl (C=O) groups excluding carboxylic acids is 2. The van der Waals surface area contributed by atoms with Crippen LogP contribution in [0, 0.1) is 0 Å². The summed E-state index contributed by atoms with van der Waals surface area (Å²) in [5.74, 6) is 0.248. The highest BCUT2D eigenvalue weighted by Gasteiger charge is 2.43. The largest absolute Gasteiger partial charge is 0.457 e. The summed E-state index contributed by atoms with van der Waals surface area (Å²) >= 11 is 0. The molecule has 1 saturated heterocycles. The Hall–Kier alpha value is -3.68. The van der Waals surface area contributed by atoms with E-state index in [1.165, 1.54) is 4.90 Å². The molecular formula is C24H25N3O5. The van der Waals surface area contributed by atoms with Crippen LogP contribution in [-0.4, -0.2) is 45.4 Å². The quantitative estimate of drug-likeness (QED) is 0.551. The molecule has 8 heteroatoms. The summed E-state index contributed by atoms with van der Waals surface area (Å²) in [7, 11) is 0. The third-order valence-electron chi connectivity index (χ3n) is 4.93. The lowest BCUT2D eigenvalue weighted by molar-refractivity contribution is 0.0144. The molecule has 1 amide bonds. The number of benzene rings is 2. The van der Waals surface area contributed by atoms with Gasteiger partial charge in [0.05, 0.1) is 12.1 Å². The second kappa shape index (κ2) is 8.82. The number of ether oxygens (including phenoxy) is 2. The summed E-state index contributed by atoms with van der Waals surface area (Å²) in [6, 6.07) is 17.6. The summed E-state index contributed by atoms with van der Waals surface area (Å²) in [5, 5.41) is 4.06. The van der Waals surface area contributed by atoms with Crippen molar-refractivity contribution in [3.8, 4) is 11.4 Å². The second-order valence-electron chi connectivity index (χ2n) is 8.60. The first-order valence-electron chi connectivity index (χ1n) is 10.4. The van der Waals surface area contributed by atoms with Crippen molar-refractivity contribution in [1.82, 2.24) is 15.0 Å². The lowest BCUT2D eigenvalue weighted by atomic mass is 10.2. The van der Waals surface area contributed by atoms with Gasteiger partial charge in [0.25, 0.3) is 0 Å². The Labute approximate surface area is 186 Å². The van der Waals surface area contributed by atoms with Gasteiger partial charge in [-0.05, 0) is 32.9 Å². The number of carbonyl (C=O) groups is 2. The fourth-order valence-electron chi connectivity index (χ4n) is 3.51. The maximum atomic E-state index is 12.9. The molecule has 2 unspecified atom stereocenters. The highest BCUT2D eigenvalue weighted by Crippen LogP contribution is 2.35. The van der Waals surface area contributed by atoms with E-state index >= 15 is 0 Å². The molecular weight excluding hydrogens is 410 g/mol. The van der Waals surface area contributed by atoms with Crippen LogP contribution < -0.4 is 0 Å². The zero-order chi connectivity index (χ0) is 22.7. The minimum Gasteiger partial charge on any atom is -0.457 e. The lowest BCUT2D eigenvalue weighted by Crippen LogP contribution is -2.37. The van der Waals surface area contributed by atoms with Crippen molar-refractivity contribution in [1.29, 1.82) is 0 Å². The molecule has 4 rings (SSSR count). The van der Waals surface area contributed by atoms with Crippen LogP contribution in [0.15, 0.2) is 65.2 Å². The van der Waals surface area contributed by atoms with Crippen molar-refractivity contribution in [2.45, 2.75) is 44.9 Å². The third kappa shape index (κ3) is 4.96. The molecule has 1 fully saturated rings. The zero-order valence-corrected chi connectivity index (χ0v) is 18.2. The van der Waals surface area contributed by atoms with E-state index in [9.17, 15) is 9.59 Å². The standard InChI is InChI=1S/C24H25N3O5/c1-24(2,3)31-23(29)27-15-18(30-22(28)17-12-8-5-9-13-17)14-19(27)21-25-20(26-32-21)16-10-6-4-7-11-16/h4-13,18-19H,14-15H2,1-3H3. The van der Waals surface area contributed by atoms with Gasteiger partial charge in [-0.1, -0.05) is 53.7 Å². The van der Waals surface area contributed by atoms with Crippen LogP contribution in [0.4, 0.5) is 4.79 Å². The zero-order valence-electron chi connectivity index (χ0n) is 18.2. The molecule has 32 heavy (non-hydrogen) atoms. The second-order valence-corrected chi connectivity index (χ2v) is 8.60. The first-order chi connectivity index (χ1) is 15.3. The first kappa shape index (κ1) is 21.5. The summed E-state index contributed by atoms with van der Waals surface area (Å²) in [5.41, 5.74) is 0.574. The van der Waals surface area contributed by atoms with Crippen molar-refractivity contribution in [2.75, 3.05) is 6.54 Å². The van der Waals surface area contributed by atoms with Gasteiger partial charge in [0.1, 0.15) is 17.7 Å². The van der Waals surface area contributed by atoms with Crippen LogP contribution in [0.3, 0.4) is 0 Å². The number of hydrogen-bond donors (Lipinski definition) is 0. The number of rotatable bonds is 4. The number of esters is 1. The van der Waals surface area contributed by atoms with E-state index in [2.05, 4.69) is 10.1 Å². The topological polar surface area (TPSA) is 94.8 Å². The molecule has 2 atom stereocenters. The van der Waals surface area contributed by atoms with Crippen molar-refractivity contribution in [3.05, 3.63) is 72.1 Å². The molecule has 0 bridgehead atoms. The third-order valence-corrected chi connectivity index (χ3v) is 4.93. The van der Waals surface area contributed by atoms with Crippen molar-refractivity contribution >= 4 is 12.1 Å². The molecule has 0 radical (unpaired) electrons. The van der Waals surface area contributed by atoms with Crippen molar-refractivity contribution < 1.29 is 23.6 Å². The van der Waals surface area contributed by atoms with E-state index in [4.69, 9.17) is 14.0 Å². The Balaban J connectivity index is 1.56. The molecule has 2 aromatic carbocycles. The monoisotopic (exact) mass is 435 g/mol. The molecule has 2 heterocycles. The van der Waals surface area contributed by atoms with Gasteiger partial charge in [-0.3, -0.25) is 4.90 Å². The summed E-state index contributed by atoms with van der Waals surface area (Å²) in [6.45, 7) is 5.55. The molecule has 0 spiro atoms. The molecule has 0 aliphatic carbocycles. The maximum absolute atomic E-state index is 12.9. The van der Waals surface area contributed by atoms with Crippen LogP contribution in [0.25, 0.3) is 11.4 Å². The van der Waals surface area contributed by atoms with Gasteiger partial charge in [0.2, 0.25) is 11.7 Å². The normalized spacial score (nSPS) is 18.4. The van der Waals surface area contributed by atoms with Gasteiger partial charge in [-0.25, -0.2) is 9.59 Å². The van der Waals surface area contributed by atoms with Gasteiger partial charge in [0.15, 0.2) is 0 Å². The van der Waals surface area contributed by atoms with Crippen LogP contribution in [0.1, 0.15) is 49.5 Å². The molecule has 3 aromatic rings. The van der Waals surface area contributed by atoms with Crippen LogP contribution in [-0.2, 0) is 9.47 Å². The number of hydrogen-bond acceptors (Lipinski definition) is 7. The summed E-state index contributed by atoms with van der Waals surface area (Å²) in [6.07, 6.45) is -0.735. The molecule has 1 aliphatic heterocycles. The summed E-state index contributed by atoms with van der Waals surface area (Å²) in [4.78, 5) is 31.4. The smallest absolute Gasteiger partial charge is 0.411 e. The van der Waals surface area contributed by atoms with Crippen LogP contribution in [0.5, 0.6) is 0 Å². The molecule has 166 valence electrons. The number of likely N-dealkylation sites (tertiary alicyclic amines) is 1. The van der Waals surface area contributed by atoms with E-state index in [0.717, 1.165) is 5.56 Å². The molecule has 8 nitrogen and oxygen atoms in total. The number of amides is 1. The predicted molar refractivity (Wildman–Crippen MR) is 116 cm³/mol. The average Bonchev–Trinajstić information content (AvgIpc) is 3.41. The van der Waals surface area contributed by atoms with Crippen molar-refractivity contribution in [3.63, 3.8) is 0 Å². The summed E-state index contributed by atoms with van der Waals surface area (Å²) < 4.78 is 16.7. The fraction of sp³-hybridized carbons (Fsp3) is 0.333. The van der Waals surface area contributed by atoms with Crippen molar-refractivity contribution in [2.24, 2.45) is 0 Å². The Kier molecular flexibility index (Phi) is 5.94. The Morgan fingerprint density at radius 2 is 1.69 bits per heavy atom. The number of aromatic nitrogens is 2. The molecule has 0 N–H and O–H groups in total. The SMILES string of the molecule is CC(C)(C)OC(=O)N1CC(OC(=O)c2ccccc2)CC1c1nc(-c2ccccc2)no1. The Morgan fingerprint density at radius 1 is 1.03 bits per heavy atom. The highest BCUT2D eigenvalue weighted by molar-refractivity contribution is 5.89. The van der Waals surface area contributed by atoms with E-state index < -0.39 is 29.8 Å². The Bertz CT molecular complexity index is 1080. The maximum Gasteiger partial charge on any atom is 0.411 e. The molecule has 1 aromatic heterocycles. The predicted octanol–water partition coefficient (Wildman–Crippen LogP) is 4.64. The Morgan fingerprint density at radius 3 is 2.34 bits per heavy atom. The first-order valence-corrected chi connectivity index (χ1v) is 10.4. The molecule has 0 saturated carbocycles. The average molecular weight is 435 g/mol. The van der Waals surface area contributed by atoms with E-state index in [1.54, 1.807) is 45.0 Å². The molecule has 1 aliphatic rings. The minimum absolute atomic E-state index is 0.168. The van der Waals surface area contributed by atoms with Gasteiger partial charge in [-0.2, -0.15) is 4.98 Å². The van der Waals surface area contributed by atoms with E-state index in [-0.39, 0.29) is 12.4 Å². The lowest BCUT2D eigenvalue weighted by Gasteiger charge is -2.26. The minimum atomic E-state index is -0.676. The highest BCUT2D eigenvalue weighted by atomic mass is 16.6. The van der Waals surface area contributed by atoms with Gasteiger partial charge in [-0.15, -0.1) is 0 Å². The fourth-order valence-corrected chi connectivity index (χ4v) is 3.51. The van der Waals surface area contributed by atoms with Gasteiger partial charge in [0, 0.05) is 12.0 Å². The van der Waals surface area contributed by atoms with Crippen LogP contribution >= 0.6 is 0 Å². The van der Waals surface area contributed by atoms with E-state index in [1.807, 2.05) is 36.4 Å². The van der Waals surface area contributed by atoms with Gasteiger partial charge < -0.3 is 14.0 Å². The van der Waals surface area contributed by atoms with Gasteiger partial charge >= 0.3 is 12.1 Å². The van der Waals surface area contributed by atoms with E-state index in [0.29, 0.717) is 17.8 Å². The van der Waals surface area contributed by atoms with Crippen LogP contribution in [0.2, 0.25) is 0 Å².